The molecule has 0 saturated carbocycles. The minimum atomic E-state index is -0.251. The lowest BCUT2D eigenvalue weighted by Crippen LogP contribution is -1.86. The molecule has 0 atom stereocenters. The van der Waals surface area contributed by atoms with Crippen molar-refractivity contribution >= 4 is 5.52 Å². The van der Waals surface area contributed by atoms with Crippen LogP contribution >= 0.6 is 0 Å². The number of hydrogen-bond donors (Lipinski definition) is 0. The molecule has 0 saturated heterocycles. The molecule has 3 aromatic heterocycles. The van der Waals surface area contributed by atoms with Crippen LogP contribution in [0.2, 0.25) is 0 Å². The van der Waals surface area contributed by atoms with Crippen LogP contribution in [-0.2, 0) is 0 Å². The van der Waals surface area contributed by atoms with Crippen LogP contribution in [0.25, 0.3) is 27.9 Å². The molecular weight excluding hydrogens is 289 g/mol. The van der Waals surface area contributed by atoms with Gasteiger partial charge in [0.15, 0.2) is 0 Å². The van der Waals surface area contributed by atoms with Gasteiger partial charge in [-0.05, 0) is 66.6 Å². The molecule has 4 heteroatoms. The van der Waals surface area contributed by atoms with Crippen LogP contribution in [-0.4, -0.2) is 14.6 Å². The number of nitrogens with zero attached hydrogens (tertiary/aromatic N) is 3. The second kappa shape index (κ2) is 5.32. The third kappa shape index (κ3) is 2.38. The monoisotopic (exact) mass is 303 g/mol. The first-order valence-electron chi connectivity index (χ1n) is 7.38. The van der Waals surface area contributed by atoms with Gasteiger partial charge >= 0.3 is 0 Å². The SMILES string of the molecule is Cc1ccn2nc(-c3ccc(F)cc3)c(-c3ccncc3)c2c1. The van der Waals surface area contributed by atoms with Gasteiger partial charge < -0.3 is 0 Å². The van der Waals surface area contributed by atoms with Crippen LogP contribution in [0.3, 0.4) is 0 Å². The fraction of sp³-hybridized carbons (Fsp3) is 0.0526. The zero-order chi connectivity index (χ0) is 15.8. The maximum atomic E-state index is 13.2. The van der Waals surface area contributed by atoms with Crippen molar-refractivity contribution in [1.82, 2.24) is 14.6 Å². The summed E-state index contributed by atoms with van der Waals surface area (Å²) in [4.78, 5) is 4.09. The summed E-state index contributed by atoms with van der Waals surface area (Å²) in [5.74, 6) is -0.251. The molecule has 23 heavy (non-hydrogen) atoms. The molecule has 0 unspecified atom stereocenters. The van der Waals surface area contributed by atoms with Crippen LogP contribution in [0.4, 0.5) is 4.39 Å². The minimum Gasteiger partial charge on any atom is -0.265 e. The van der Waals surface area contributed by atoms with E-state index in [2.05, 4.69) is 18.0 Å². The Morgan fingerprint density at radius 1 is 0.913 bits per heavy atom. The van der Waals surface area contributed by atoms with Crippen molar-refractivity contribution in [2.45, 2.75) is 6.92 Å². The fourth-order valence-electron chi connectivity index (χ4n) is 2.76. The summed E-state index contributed by atoms with van der Waals surface area (Å²) in [7, 11) is 0. The highest BCUT2D eigenvalue weighted by Gasteiger charge is 2.16. The summed E-state index contributed by atoms with van der Waals surface area (Å²) < 4.78 is 15.1. The number of rotatable bonds is 2. The molecule has 0 amide bonds. The molecule has 3 nitrogen and oxygen atoms in total. The van der Waals surface area contributed by atoms with Crippen molar-refractivity contribution in [1.29, 1.82) is 0 Å². The van der Waals surface area contributed by atoms with E-state index in [1.807, 2.05) is 28.9 Å². The molecule has 0 spiro atoms. The molecule has 0 aliphatic carbocycles. The van der Waals surface area contributed by atoms with E-state index in [1.165, 1.54) is 17.7 Å². The lowest BCUT2D eigenvalue weighted by atomic mass is 10.0. The van der Waals surface area contributed by atoms with Gasteiger partial charge in [-0.15, -0.1) is 0 Å². The van der Waals surface area contributed by atoms with E-state index >= 15 is 0 Å². The molecule has 0 aliphatic rings. The molecule has 0 fully saturated rings. The first-order chi connectivity index (χ1) is 11.2. The van der Waals surface area contributed by atoms with Crippen LogP contribution in [0.15, 0.2) is 67.1 Å². The van der Waals surface area contributed by atoms with E-state index in [-0.39, 0.29) is 5.82 Å². The Balaban J connectivity index is 2.05. The average molecular weight is 303 g/mol. The molecule has 0 bridgehead atoms. The van der Waals surface area contributed by atoms with Gasteiger partial charge in [-0.1, -0.05) is 0 Å². The predicted molar refractivity (Wildman–Crippen MR) is 88.6 cm³/mol. The van der Waals surface area contributed by atoms with E-state index < -0.39 is 0 Å². The molecule has 1 aromatic carbocycles. The van der Waals surface area contributed by atoms with Crippen molar-refractivity contribution in [3.63, 3.8) is 0 Å². The highest BCUT2D eigenvalue weighted by Crippen LogP contribution is 2.35. The van der Waals surface area contributed by atoms with Gasteiger partial charge in [-0.25, -0.2) is 8.91 Å². The van der Waals surface area contributed by atoms with E-state index in [0.29, 0.717) is 0 Å². The largest absolute Gasteiger partial charge is 0.265 e. The van der Waals surface area contributed by atoms with Gasteiger partial charge in [-0.3, -0.25) is 4.98 Å². The second-order valence-electron chi connectivity index (χ2n) is 5.50. The Morgan fingerprint density at radius 3 is 2.39 bits per heavy atom. The Kier molecular flexibility index (Phi) is 3.15. The molecule has 4 aromatic rings. The van der Waals surface area contributed by atoms with Crippen LogP contribution < -0.4 is 0 Å². The van der Waals surface area contributed by atoms with Crippen LogP contribution in [0.1, 0.15) is 5.56 Å². The van der Waals surface area contributed by atoms with Gasteiger partial charge in [0.1, 0.15) is 11.5 Å². The number of hydrogen-bond acceptors (Lipinski definition) is 2. The zero-order valence-corrected chi connectivity index (χ0v) is 12.6. The summed E-state index contributed by atoms with van der Waals surface area (Å²) in [6, 6.07) is 14.5. The van der Waals surface area contributed by atoms with E-state index in [1.54, 1.807) is 24.5 Å². The van der Waals surface area contributed by atoms with Gasteiger partial charge in [0.25, 0.3) is 0 Å². The van der Waals surface area contributed by atoms with Crippen molar-refractivity contribution < 1.29 is 4.39 Å². The van der Waals surface area contributed by atoms with Crippen LogP contribution in [0.5, 0.6) is 0 Å². The lowest BCUT2D eigenvalue weighted by Gasteiger charge is -2.04. The van der Waals surface area contributed by atoms with Crippen molar-refractivity contribution in [2.24, 2.45) is 0 Å². The van der Waals surface area contributed by atoms with Crippen molar-refractivity contribution in [3.8, 4) is 22.4 Å². The maximum absolute atomic E-state index is 13.2. The number of benzene rings is 1. The lowest BCUT2D eigenvalue weighted by molar-refractivity contribution is 0.628. The van der Waals surface area contributed by atoms with Crippen LogP contribution in [0, 0.1) is 12.7 Å². The summed E-state index contributed by atoms with van der Waals surface area (Å²) >= 11 is 0. The molecule has 0 N–H and O–H groups in total. The molecule has 4 rings (SSSR count). The van der Waals surface area contributed by atoms with E-state index in [9.17, 15) is 4.39 Å². The Bertz CT molecular complexity index is 973. The normalized spacial score (nSPS) is 11.0. The van der Waals surface area contributed by atoms with E-state index in [0.717, 1.165) is 27.9 Å². The number of aryl methyl sites for hydroxylation is 1. The summed E-state index contributed by atoms with van der Waals surface area (Å²) in [6.45, 7) is 2.06. The smallest absolute Gasteiger partial charge is 0.123 e. The summed E-state index contributed by atoms with van der Waals surface area (Å²) in [5.41, 5.74) is 5.98. The molecule has 3 heterocycles. The average Bonchev–Trinajstić information content (AvgIpc) is 2.95. The quantitative estimate of drug-likeness (QED) is 0.545. The van der Waals surface area contributed by atoms with Gasteiger partial charge in [0.05, 0.1) is 5.52 Å². The van der Waals surface area contributed by atoms with E-state index in [4.69, 9.17) is 5.10 Å². The number of halogens is 1. The fourth-order valence-corrected chi connectivity index (χ4v) is 2.76. The highest BCUT2D eigenvalue weighted by molar-refractivity contribution is 5.92. The number of fused-ring (bicyclic) bond motifs is 1. The van der Waals surface area contributed by atoms with Gasteiger partial charge in [0.2, 0.25) is 0 Å². The standard InChI is InChI=1S/C19H14FN3/c1-13-8-11-23-17(12-13)18(14-6-9-21-10-7-14)19(22-23)15-2-4-16(20)5-3-15/h2-12H,1H3. The molecular formula is C19H14FN3. The highest BCUT2D eigenvalue weighted by atomic mass is 19.1. The molecule has 112 valence electrons. The summed E-state index contributed by atoms with van der Waals surface area (Å²) in [5, 5.41) is 4.70. The van der Waals surface area contributed by atoms with Crippen molar-refractivity contribution in [2.75, 3.05) is 0 Å². The number of pyridine rings is 2. The zero-order valence-electron chi connectivity index (χ0n) is 12.6. The Morgan fingerprint density at radius 2 is 1.65 bits per heavy atom. The minimum absolute atomic E-state index is 0.251. The summed E-state index contributed by atoms with van der Waals surface area (Å²) in [6.07, 6.45) is 5.48. The first-order valence-corrected chi connectivity index (χ1v) is 7.38. The Labute approximate surface area is 133 Å². The Hall–Kier alpha value is -3.01. The topological polar surface area (TPSA) is 30.2 Å². The maximum Gasteiger partial charge on any atom is 0.123 e. The van der Waals surface area contributed by atoms with Crippen molar-refractivity contribution in [3.05, 3.63) is 78.5 Å². The predicted octanol–water partition coefficient (Wildman–Crippen LogP) is 4.51. The number of aromatic nitrogens is 3. The second-order valence-corrected chi connectivity index (χ2v) is 5.50. The van der Waals surface area contributed by atoms with Gasteiger partial charge in [0, 0.05) is 29.7 Å². The molecule has 0 radical (unpaired) electrons. The third-order valence-electron chi connectivity index (χ3n) is 3.88. The third-order valence-corrected chi connectivity index (χ3v) is 3.88. The first kappa shape index (κ1) is 13.6. The van der Waals surface area contributed by atoms with Gasteiger partial charge in [-0.2, -0.15) is 5.10 Å². The molecule has 0 aliphatic heterocycles.